The zero-order valence-electron chi connectivity index (χ0n) is 19.2. The second-order valence-corrected chi connectivity index (χ2v) is 9.35. The number of carbonyl (C=O) groups excluding carboxylic acids is 1. The molecule has 2 saturated heterocycles. The standard InChI is InChI=1S/C28H33N3O2.CH4/c32-28(24-13-18-31(33)19-14-24)29-15-20-30-16-11-23(12-17-30)27-25-7-3-1-5-21(25)9-10-22-6-2-4-8-26(22)27;/h1-10,24,33H,11-20H2,(H,29,32);1H4. The summed E-state index contributed by atoms with van der Waals surface area (Å²) in [6.45, 7) is 4.80. The molecule has 5 heteroatoms. The minimum Gasteiger partial charge on any atom is -0.355 e. The predicted molar refractivity (Wildman–Crippen MR) is 139 cm³/mol. The van der Waals surface area contributed by atoms with Crippen molar-refractivity contribution in [3.05, 3.63) is 76.4 Å². The lowest BCUT2D eigenvalue weighted by Crippen LogP contribution is -2.42. The molecular weight excluding hydrogens is 422 g/mol. The molecule has 2 aromatic rings. The normalized spacial score (nSPS) is 19.1. The Balaban J connectivity index is 0.00000274. The molecule has 0 aromatic heterocycles. The summed E-state index contributed by atoms with van der Waals surface area (Å²) in [4.78, 5) is 14.9. The largest absolute Gasteiger partial charge is 0.355 e. The van der Waals surface area contributed by atoms with E-state index in [9.17, 15) is 10.0 Å². The van der Waals surface area contributed by atoms with Gasteiger partial charge in [0.25, 0.3) is 0 Å². The topological polar surface area (TPSA) is 55.8 Å². The number of amides is 1. The number of rotatable bonds is 4. The Bertz CT molecular complexity index is 1010. The summed E-state index contributed by atoms with van der Waals surface area (Å²) < 4.78 is 0. The average Bonchev–Trinajstić information content (AvgIpc) is 3.02. The van der Waals surface area contributed by atoms with Crippen LogP contribution in [0.15, 0.2) is 54.1 Å². The van der Waals surface area contributed by atoms with E-state index in [0.717, 1.165) is 45.3 Å². The molecule has 5 nitrogen and oxygen atoms in total. The lowest BCUT2D eigenvalue weighted by molar-refractivity contribution is -0.136. The summed E-state index contributed by atoms with van der Waals surface area (Å²) in [7, 11) is 0. The molecular formula is C29H37N3O2. The molecule has 34 heavy (non-hydrogen) atoms. The van der Waals surface area contributed by atoms with Crippen LogP contribution >= 0.6 is 0 Å². The molecule has 5 rings (SSSR count). The first-order chi connectivity index (χ1) is 16.2. The van der Waals surface area contributed by atoms with E-state index < -0.39 is 0 Å². The quantitative estimate of drug-likeness (QED) is 0.581. The maximum Gasteiger partial charge on any atom is 0.223 e. The molecule has 0 spiro atoms. The van der Waals surface area contributed by atoms with Gasteiger partial charge in [0.1, 0.15) is 0 Å². The summed E-state index contributed by atoms with van der Waals surface area (Å²) in [6.07, 6.45) is 8.07. The van der Waals surface area contributed by atoms with Crippen LogP contribution in [-0.2, 0) is 4.79 Å². The van der Waals surface area contributed by atoms with E-state index in [1.165, 1.54) is 38.5 Å². The fraction of sp³-hybridized carbons (Fsp3) is 0.414. The van der Waals surface area contributed by atoms with Crippen molar-refractivity contribution < 1.29 is 10.0 Å². The maximum atomic E-state index is 12.4. The molecule has 1 aliphatic carbocycles. The Kier molecular flexibility index (Phi) is 7.99. The van der Waals surface area contributed by atoms with Crippen molar-refractivity contribution in [2.24, 2.45) is 5.92 Å². The minimum absolute atomic E-state index is 0. The Hall–Kier alpha value is -2.73. The molecule has 180 valence electrons. The van der Waals surface area contributed by atoms with Crippen LogP contribution in [0.25, 0.3) is 17.7 Å². The molecule has 2 aromatic carbocycles. The summed E-state index contributed by atoms with van der Waals surface area (Å²) in [6, 6.07) is 17.4. The smallest absolute Gasteiger partial charge is 0.223 e. The molecule has 0 bridgehead atoms. The monoisotopic (exact) mass is 459 g/mol. The maximum absolute atomic E-state index is 12.4. The Labute approximate surface area is 203 Å². The highest BCUT2D eigenvalue weighted by Gasteiger charge is 2.25. The number of piperidine rings is 2. The van der Waals surface area contributed by atoms with Gasteiger partial charge in [-0.15, -0.1) is 0 Å². The van der Waals surface area contributed by atoms with E-state index in [1.54, 1.807) is 0 Å². The van der Waals surface area contributed by atoms with E-state index in [4.69, 9.17) is 0 Å². The second-order valence-electron chi connectivity index (χ2n) is 9.35. The van der Waals surface area contributed by atoms with Gasteiger partial charge >= 0.3 is 0 Å². The molecule has 0 unspecified atom stereocenters. The number of likely N-dealkylation sites (tertiary alicyclic amines) is 1. The van der Waals surface area contributed by atoms with Gasteiger partial charge in [0, 0.05) is 45.2 Å². The molecule has 2 N–H and O–H groups in total. The molecule has 2 fully saturated rings. The van der Waals surface area contributed by atoms with Crippen molar-refractivity contribution >= 4 is 23.6 Å². The lowest BCUT2D eigenvalue weighted by atomic mass is 9.86. The van der Waals surface area contributed by atoms with Gasteiger partial charge in [0.05, 0.1) is 0 Å². The van der Waals surface area contributed by atoms with Gasteiger partial charge in [-0.3, -0.25) is 4.79 Å². The minimum atomic E-state index is 0. The van der Waals surface area contributed by atoms with Gasteiger partial charge in [-0.1, -0.05) is 73.7 Å². The van der Waals surface area contributed by atoms with Crippen molar-refractivity contribution in [3.63, 3.8) is 0 Å². The summed E-state index contributed by atoms with van der Waals surface area (Å²) in [5, 5.41) is 13.9. The number of nitrogens with one attached hydrogen (secondary N) is 1. The highest BCUT2D eigenvalue weighted by atomic mass is 16.5. The molecule has 2 aliphatic heterocycles. The Morgan fingerprint density at radius 2 is 1.44 bits per heavy atom. The number of hydrogen-bond donors (Lipinski definition) is 2. The first-order valence-electron chi connectivity index (χ1n) is 12.2. The van der Waals surface area contributed by atoms with Crippen molar-refractivity contribution in [2.75, 3.05) is 39.3 Å². The van der Waals surface area contributed by atoms with Gasteiger partial charge in [0.15, 0.2) is 0 Å². The molecule has 0 saturated carbocycles. The number of hydroxylamine groups is 2. The highest BCUT2D eigenvalue weighted by molar-refractivity contribution is 5.94. The summed E-state index contributed by atoms with van der Waals surface area (Å²) in [5.74, 6) is 0.178. The van der Waals surface area contributed by atoms with Crippen molar-refractivity contribution in [1.29, 1.82) is 0 Å². The molecule has 2 heterocycles. The van der Waals surface area contributed by atoms with Crippen LogP contribution in [0.1, 0.15) is 55.4 Å². The zero-order valence-corrected chi connectivity index (χ0v) is 19.2. The average molecular weight is 460 g/mol. The Morgan fingerprint density at radius 3 is 2.03 bits per heavy atom. The van der Waals surface area contributed by atoms with Crippen LogP contribution in [0.5, 0.6) is 0 Å². The first kappa shape index (κ1) is 24.4. The highest BCUT2D eigenvalue weighted by Crippen LogP contribution is 2.38. The van der Waals surface area contributed by atoms with Crippen molar-refractivity contribution in [2.45, 2.75) is 33.1 Å². The molecule has 0 radical (unpaired) electrons. The first-order valence-corrected chi connectivity index (χ1v) is 12.2. The summed E-state index contributed by atoms with van der Waals surface area (Å²) in [5.41, 5.74) is 8.19. The van der Waals surface area contributed by atoms with Crippen LogP contribution in [0.2, 0.25) is 0 Å². The van der Waals surface area contributed by atoms with E-state index in [-0.39, 0.29) is 19.3 Å². The van der Waals surface area contributed by atoms with Gasteiger partial charge in [0.2, 0.25) is 5.91 Å². The van der Waals surface area contributed by atoms with Gasteiger partial charge in [-0.25, -0.2) is 0 Å². The van der Waals surface area contributed by atoms with E-state index in [2.05, 4.69) is 70.9 Å². The number of fused-ring (bicyclic) bond motifs is 2. The third-order valence-corrected chi connectivity index (χ3v) is 7.29. The van der Waals surface area contributed by atoms with E-state index in [1.807, 2.05) is 0 Å². The molecule has 0 atom stereocenters. The van der Waals surface area contributed by atoms with Crippen molar-refractivity contribution in [1.82, 2.24) is 15.3 Å². The number of benzene rings is 2. The van der Waals surface area contributed by atoms with Crippen LogP contribution in [-0.4, -0.2) is 60.3 Å². The van der Waals surface area contributed by atoms with E-state index >= 15 is 0 Å². The Morgan fingerprint density at radius 1 is 0.882 bits per heavy atom. The number of nitrogens with zero attached hydrogens (tertiary/aromatic N) is 2. The zero-order chi connectivity index (χ0) is 22.6. The fourth-order valence-corrected chi connectivity index (χ4v) is 5.35. The number of hydrogen-bond acceptors (Lipinski definition) is 4. The second kappa shape index (κ2) is 11.1. The molecule has 1 amide bonds. The van der Waals surface area contributed by atoms with Gasteiger partial charge in [-0.05, 0) is 53.5 Å². The SMILES string of the molecule is C.O=C(NCCN1CCC(=C2c3ccccc3C=Cc3ccccc32)CC1)C1CCN(O)CC1. The molecule has 3 aliphatic rings. The van der Waals surface area contributed by atoms with Gasteiger partial charge in [-0.2, -0.15) is 5.06 Å². The van der Waals surface area contributed by atoms with Crippen LogP contribution in [0.3, 0.4) is 0 Å². The predicted octanol–water partition coefficient (Wildman–Crippen LogP) is 4.92. The van der Waals surface area contributed by atoms with E-state index in [0.29, 0.717) is 19.6 Å². The lowest BCUT2D eigenvalue weighted by Gasteiger charge is -2.31. The van der Waals surface area contributed by atoms with Crippen LogP contribution in [0.4, 0.5) is 0 Å². The fourth-order valence-electron chi connectivity index (χ4n) is 5.35. The third kappa shape index (κ3) is 5.33. The van der Waals surface area contributed by atoms with Crippen LogP contribution < -0.4 is 5.32 Å². The number of carbonyl (C=O) groups is 1. The van der Waals surface area contributed by atoms with Crippen LogP contribution in [0, 0.1) is 5.92 Å². The third-order valence-electron chi connectivity index (χ3n) is 7.29. The van der Waals surface area contributed by atoms with Crippen molar-refractivity contribution in [3.8, 4) is 0 Å². The summed E-state index contributed by atoms with van der Waals surface area (Å²) >= 11 is 0. The van der Waals surface area contributed by atoms with Gasteiger partial charge < -0.3 is 15.4 Å².